The summed E-state index contributed by atoms with van der Waals surface area (Å²) in [6.07, 6.45) is 2.52. The molecule has 0 amide bonds. The molecule has 0 aromatic carbocycles. The lowest BCUT2D eigenvalue weighted by Crippen LogP contribution is -2.38. The van der Waals surface area contributed by atoms with E-state index in [-0.39, 0.29) is 0 Å². The van der Waals surface area contributed by atoms with Crippen molar-refractivity contribution in [1.82, 2.24) is 5.01 Å². The molecule has 0 bridgehead atoms. The van der Waals surface area contributed by atoms with Gasteiger partial charge in [0.1, 0.15) is 0 Å². The highest BCUT2D eigenvalue weighted by atomic mass is 15.4. The molecule has 0 aromatic rings. The molecule has 1 saturated heterocycles. The molecule has 1 aliphatic rings. The molecule has 1 rings (SSSR count). The van der Waals surface area contributed by atoms with Gasteiger partial charge >= 0.3 is 0 Å². The lowest BCUT2D eigenvalue weighted by molar-refractivity contribution is 0.220. The minimum Gasteiger partial charge on any atom is -0.268 e. The highest BCUT2D eigenvalue weighted by Gasteiger charge is 2.23. The first-order valence-electron chi connectivity index (χ1n) is 3.25. The van der Waals surface area contributed by atoms with Gasteiger partial charge in [-0.3, -0.25) is 5.84 Å². The zero-order valence-corrected chi connectivity index (χ0v) is 5.59. The first-order valence-corrected chi connectivity index (χ1v) is 3.25. The Labute approximate surface area is 50.6 Å². The summed E-state index contributed by atoms with van der Waals surface area (Å²) in [5, 5.41) is 1.94. The maximum absolute atomic E-state index is 5.66. The largest absolute Gasteiger partial charge is 0.268 e. The molecule has 0 aromatic heterocycles. The van der Waals surface area contributed by atoms with Crippen molar-refractivity contribution in [3.8, 4) is 0 Å². The predicted molar refractivity (Wildman–Crippen MR) is 34.2 cm³/mol. The van der Waals surface area contributed by atoms with Gasteiger partial charge in [-0.2, -0.15) is 0 Å². The SMILES string of the molecule is C[C@H]1CC[C@H](C)N1N. The van der Waals surface area contributed by atoms with E-state index in [1.165, 1.54) is 12.8 Å². The first-order chi connectivity index (χ1) is 3.72. The van der Waals surface area contributed by atoms with E-state index >= 15 is 0 Å². The van der Waals surface area contributed by atoms with Crippen LogP contribution in [0.4, 0.5) is 0 Å². The molecular formula is C6H14N2. The van der Waals surface area contributed by atoms with Crippen molar-refractivity contribution in [2.45, 2.75) is 38.8 Å². The van der Waals surface area contributed by atoms with Gasteiger partial charge in [0.25, 0.3) is 0 Å². The van der Waals surface area contributed by atoms with Crippen LogP contribution in [-0.4, -0.2) is 17.1 Å². The molecule has 2 N–H and O–H groups in total. The first kappa shape index (κ1) is 6.05. The Morgan fingerprint density at radius 3 is 1.75 bits per heavy atom. The van der Waals surface area contributed by atoms with Crippen molar-refractivity contribution in [3.63, 3.8) is 0 Å². The van der Waals surface area contributed by atoms with Gasteiger partial charge in [-0.25, -0.2) is 5.01 Å². The van der Waals surface area contributed by atoms with Crippen LogP contribution < -0.4 is 5.84 Å². The fraction of sp³-hybridized carbons (Fsp3) is 1.00. The smallest absolute Gasteiger partial charge is 0.0216 e. The minimum atomic E-state index is 0.602. The van der Waals surface area contributed by atoms with Gasteiger partial charge in [0.15, 0.2) is 0 Å². The predicted octanol–water partition coefficient (Wildman–Crippen LogP) is 0.733. The summed E-state index contributed by atoms with van der Waals surface area (Å²) in [6.45, 7) is 4.34. The van der Waals surface area contributed by atoms with Gasteiger partial charge in [0.05, 0.1) is 0 Å². The number of nitrogens with two attached hydrogens (primary N) is 1. The lowest BCUT2D eigenvalue weighted by Gasteiger charge is -2.18. The molecule has 8 heavy (non-hydrogen) atoms. The normalized spacial score (nSPS) is 40.9. The summed E-state index contributed by atoms with van der Waals surface area (Å²) >= 11 is 0. The van der Waals surface area contributed by atoms with Crippen molar-refractivity contribution < 1.29 is 0 Å². The Hall–Kier alpha value is -0.0800. The molecule has 2 nitrogen and oxygen atoms in total. The molecular weight excluding hydrogens is 100 g/mol. The highest BCUT2D eigenvalue weighted by molar-refractivity contribution is 4.77. The second-order valence-corrected chi connectivity index (χ2v) is 2.72. The topological polar surface area (TPSA) is 29.3 Å². The molecule has 0 saturated carbocycles. The molecule has 0 aliphatic carbocycles. The number of hydrazine groups is 1. The van der Waals surface area contributed by atoms with Crippen LogP contribution in [0.3, 0.4) is 0 Å². The van der Waals surface area contributed by atoms with Crippen molar-refractivity contribution >= 4 is 0 Å². The van der Waals surface area contributed by atoms with Crippen LogP contribution in [0.2, 0.25) is 0 Å². The Morgan fingerprint density at radius 2 is 1.62 bits per heavy atom. The van der Waals surface area contributed by atoms with E-state index in [9.17, 15) is 0 Å². The second kappa shape index (κ2) is 2.03. The number of rotatable bonds is 0. The zero-order chi connectivity index (χ0) is 6.15. The summed E-state index contributed by atoms with van der Waals surface area (Å²) in [5.74, 6) is 5.66. The summed E-state index contributed by atoms with van der Waals surface area (Å²) in [6, 6.07) is 1.20. The van der Waals surface area contributed by atoms with Crippen LogP contribution in [0, 0.1) is 0 Å². The lowest BCUT2D eigenvalue weighted by atomic mass is 10.2. The molecule has 2 atom stereocenters. The Kier molecular flexibility index (Phi) is 1.54. The zero-order valence-electron chi connectivity index (χ0n) is 5.59. The fourth-order valence-corrected chi connectivity index (χ4v) is 1.21. The average molecular weight is 114 g/mol. The van der Waals surface area contributed by atoms with E-state index < -0.39 is 0 Å². The van der Waals surface area contributed by atoms with Crippen molar-refractivity contribution in [2.24, 2.45) is 5.84 Å². The van der Waals surface area contributed by atoms with E-state index in [0.29, 0.717) is 12.1 Å². The minimum absolute atomic E-state index is 0.602. The average Bonchev–Trinajstić information content (AvgIpc) is 1.98. The molecule has 2 heteroatoms. The van der Waals surface area contributed by atoms with Crippen LogP contribution in [-0.2, 0) is 0 Å². The van der Waals surface area contributed by atoms with Crippen LogP contribution >= 0.6 is 0 Å². The quantitative estimate of drug-likeness (QED) is 0.470. The highest BCUT2D eigenvalue weighted by Crippen LogP contribution is 2.18. The van der Waals surface area contributed by atoms with E-state index in [1.807, 2.05) is 5.01 Å². The van der Waals surface area contributed by atoms with Gasteiger partial charge in [-0.05, 0) is 26.7 Å². The van der Waals surface area contributed by atoms with Crippen LogP contribution in [0.15, 0.2) is 0 Å². The number of nitrogens with zero attached hydrogens (tertiary/aromatic N) is 1. The maximum Gasteiger partial charge on any atom is 0.0216 e. The number of hydrogen-bond donors (Lipinski definition) is 1. The van der Waals surface area contributed by atoms with Crippen LogP contribution in [0.1, 0.15) is 26.7 Å². The van der Waals surface area contributed by atoms with Gasteiger partial charge in [-0.15, -0.1) is 0 Å². The molecule has 0 unspecified atom stereocenters. The van der Waals surface area contributed by atoms with Crippen molar-refractivity contribution in [3.05, 3.63) is 0 Å². The Bertz CT molecular complexity index is 72.6. The third-order valence-corrected chi connectivity index (χ3v) is 2.02. The van der Waals surface area contributed by atoms with Crippen molar-refractivity contribution in [1.29, 1.82) is 0 Å². The van der Waals surface area contributed by atoms with Gasteiger partial charge in [0, 0.05) is 12.1 Å². The summed E-state index contributed by atoms with van der Waals surface area (Å²) < 4.78 is 0. The van der Waals surface area contributed by atoms with Gasteiger partial charge in [-0.1, -0.05) is 0 Å². The van der Waals surface area contributed by atoms with E-state index in [0.717, 1.165) is 0 Å². The Morgan fingerprint density at radius 1 is 1.25 bits per heavy atom. The van der Waals surface area contributed by atoms with Crippen LogP contribution in [0.5, 0.6) is 0 Å². The van der Waals surface area contributed by atoms with E-state index in [1.54, 1.807) is 0 Å². The molecule has 1 heterocycles. The van der Waals surface area contributed by atoms with Gasteiger partial charge in [0.2, 0.25) is 0 Å². The molecule has 1 aliphatic heterocycles. The maximum atomic E-state index is 5.66. The Balaban J connectivity index is 2.44. The van der Waals surface area contributed by atoms with Crippen molar-refractivity contribution in [2.75, 3.05) is 0 Å². The molecule has 0 radical (unpaired) electrons. The van der Waals surface area contributed by atoms with Gasteiger partial charge < -0.3 is 0 Å². The number of hydrogen-bond acceptors (Lipinski definition) is 2. The fourth-order valence-electron chi connectivity index (χ4n) is 1.21. The molecule has 1 fully saturated rings. The third kappa shape index (κ3) is 0.858. The third-order valence-electron chi connectivity index (χ3n) is 2.02. The van der Waals surface area contributed by atoms with E-state index in [4.69, 9.17) is 5.84 Å². The van der Waals surface area contributed by atoms with Crippen LogP contribution in [0.25, 0.3) is 0 Å². The summed E-state index contributed by atoms with van der Waals surface area (Å²) in [7, 11) is 0. The summed E-state index contributed by atoms with van der Waals surface area (Å²) in [4.78, 5) is 0. The monoisotopic (exact) mass is 114 g/mol. The standard InChI is InChI=1S/C6H14N2/c1-5-3-4-6(2)8(5)7/h5-6H,3-4,7H2,1-2H3/t5-,6-/m0/s1. The van der Waals surface area contributed by atoms with E-state index in [2.05, 4.69) is 13.8 Å². The molecule has 48 valence electrons. The second-order valence-electron chi connectivity index (χ2n) is 2.72. The summed E-state index contributed by atoms with van der Waals surface area (Å²) in [5.41, 5.74) is 0. The molecule has 0 spiro atoms.